The lowest BCUT2D eigenvalue weighted by Gasteiger charge is -2.28. The first-order valence-electron chi connectivity index (χ1n) is 8.96. The van der Waals surface area contributed by atoms with E-state index in [1.54, 1.807) is 19.1 Å². The molecule has 0 aliphatic heterocycles. The molecule has 6 nitrogen and oxygen atoms in total. The highest BCUT2D eigenvalue weighted by Crippen LogP contribution is 2.31. The minimum absolute atomic E-state index is 0.282. The SMILES string of the molecule is COc1ccc(N(C(C)C(=O)NCCSC2CCCC2)S(C)(=O)=O)cc1Cl. The van der Waals surface area contributed by atoms with Gasteiger partial charge < -0.3 is 10.1 Å². The van der Waals surface area contributed by atoms with Crippen LogP contribution in [0.3, 0.4) is 0 Å². The summed E-state index contributed by atoms with van der Waals surface area (Å²) >= 11 is 8.00. The first-order valence-corrected chi connectivity index (χ1v) is 12.2. The van der Waals surface area contributed by atoms with Crippen LogP contribution in [0.25, 0.3) is 0 Å². The standard InChI is InChI=1S/C18H27ClN2O4S2/c1-13(18(22)20-10-11-26-15-6-4-5-7-15)21(27(3,23)24)14-8-9-17(25-2)16(19)12-14/h8-9,12-13,15H,4-7,10-11H2,1-3H3,(H,20,22). The molecule has 1 aromatic carbocycles. The number of rotatable bonds is 9. The molecule has 1 amide bonds. The van der Waals surface area contributed by atoms with Crippen LogP contribution >= 0.6 is 23.4 Å². The highest BCUT2D eigenvalue weighted by molar-refractivity contribution is 7.99. The van der Waals surface area contributed by atoms with E-state index < -0.39 is 16.1 Å². The number of thioether (sulfide) groups is 1. The largest absolute Gasteiger partial charge is 0.495 e. The van der Waals surface area contributed by atoms with E-state index >= 15 is 0 Å². The number of carbonyl (C=O) groups is 1. The van der Waals surface area contributed by atoms with Crippen LogP contribution in [0.5, 0.6) is 5.75 Å². The van der Waals surface area contributed by atoms with Gasteiger partial charge in [-0.2, -0.15) is 11.8 Å². The molecule has 1 saturated carbocycles. The Morgan fingerprint density at radius 1 is 1.41 bits per heavy atom. The Balaban J connectivity index is 2.02. The number of halogens is 1. The van der Waals surface area contributed by atoms with Gasteiger partial charge in [-0.1, -0.05) is 24.4 Å². The molecule has 1 atom stereocenters. The van der Waals surface area contributed by atoms with Gasteiger partial charge in [0, 0.05) is 17.5 Å². The molecule has 1 aliphatic carbocycles. The summed E-state index contributed by atoms with van der Waals surface area (Å²) in [4.78, 5) is 12.5. The van der Waals surface area contributed by atoms with Crippen molar-refractivity contribution in [3.8, 4) is 5.75 Å². The molecule has 9 heteroatoms. The molecular weight excluding hydrogens is 408 g/mol. The molecular formula is C18H27ClN2O4S2. The second-order valence-corrected chi connectivity index (χ2v) is 10.3. The van der Waals surface area contributed by atoms with Crippen LogP contribution < -0.4 is 14.4 Å². The normalized spacial score (nSPS) is 16.1. The van der Waals surface area contributed by atoms with Crippen LogP contribution in [0.2, 0.25) is 5.02 Å². The van der Waals surface area contributed by atoms with Gasteiger partial charge in [0.05, 0.1) is 24.1 Å². The lowest BCUT2D eigenvalue weighted by molar-refractivity contribution is -0.121. The molecule has 1 N–H and O–H groups in total. The van der Waals surface area contributed by atoms with E-state index in [4.69, 9.17) is 16.3 Å². The van der Waals surface area contributed by atoms with E-state index in [1.807, 2.05) is 11.8 Å². The average Bonchev–Trinajstić information content (AvgIpc) is 3.11. The lowest BCUT2D eigenvalue weighted by atomic mass is 10.2. The van der Waals surface area contributed by atoms with E-state index in [2.05, 4.69) is 5.32 Å². The van der Waals surface area contributed by atoms with Crippen LogP contribution in [0, 0.1) is 0 Å². The summed E-state index contributed by atoms with van der Waals surface area (Å²) in [6.07, 6.45) is 6.14. The highest BCUT2D eigenvalue weighted by Gasteiger charge is 2.29. The molecule has 0 heterocycles. The molecule has 0 spiro atoms. The molecule has 0 aromatic heterocycles. The summed E-state index contributed by atoms with van der Waals surface area (Å²) < 4.78 is 30.8. The maximum atomic E-state index is 12.5. The molecule has 1 unspecified atom stereocenters. The average molecular weight is 435 g/mol. The Kier molecular flexibility index (Phi) is 8.12. The minimum atomic E-state index is -3.67. The quantitative estimate of drug-likeness (QED) is 0.603. The molecule has 2 rings (SSSR count). The van der Waals surface area contributed by atoms with Crippen molar-refractivity contribution in [1.29, 1.82) is 0 Å². The molecule has 1 fully saturated rings. The number of nitrogens with one attached hydrogen (secondary N) is 1. The lowest BCUT2D eigenvalue weighted by Crippen LogP contribution is -2.48. The molecule has 0 radical (unpaired) electrons. The van der Waals surface area contributed by atoms with Crippen molar-refractivity contribution in [2.75, 3.05) is 30.0 Å². The fourth-order valence-corrected chi connectivity index (χ4v) is 5.84. The van der Waals surface area contributed by atoms with Crippen molar-refractivity contribution in [1.82, 2.24) is 5.32 Å². The van der Waals surface area contributed by atoms with Crippen LogP contribution in [-0.4, -0.2) is 51.3 Å². The summed E-state index contributed by atoms with van der Waals surface area (Å²) in [5, 5.41) is 3.81. The number of methoxy groups -OCH3 is 1. The van der Waals surface area contributed by atoms with Gasteiger partial charge >= 0.3 is 0 Å². The van der Waals surface area contributed by atoms with Crippen molar-refractivity contribution in [2.45, 2.75) is 43.9 Å². The van der Waals surface area contributed by atoms with Crippen molar-refractivity contribution >= 4 is 45.0 Å². The third-order valence-electron chi connectivity index (χ3n) is 4.54. The maximum absolute atomic E-state index is 12.5. The van der Waals surface area contributed by atoms with Gasteiger partial charge in [-0.05, 0) is 38.0 Å². The van der Waals surface area contributed by atoms with Gasteiger partial charge in [0.1, 0.15) is 11.8 Å². The number of sulfonamides is 1. The van der Waals surface area contributed by atoms with Gasteiger partial charge in [-0.25, -0.2) is 8.42 Å². The van der Waals surface area contributed by atoms with Crippen molar-refractivity contribution < 1.29 is 17.9 Å². The predicted molar refractivity (Wildman–Crippen MR) is 113 cm³/mol. The number of ether oxygens (including phenoxy) is 1. The van der Waals surface area contributed by atoms with Gasteiger partial charge in [-0.3, -0.25) is 9.10 Å². The van der Waals surface area contributed by atoms with E-state index in [1.165, 1.54) is 38.9 Å². The Labute approximate surface area is 171 Å². The van der Waals surface area contributed by atoms with E-state index in [9.17, 15) is 13.2 Å². The molecule has 1 aliphatic rings. The number of hydrogen-bond acceptors (Lipinski definition) is 5. The van der Waals surface area contributed by atoms with E-state index in [-0.39, 0.29) is 10.9 Å². The number of benzene rings is 1. The summed E-state index contributed by atoms with van der Waals surface area (Å²) in [7, 11) is -2.19. The number of hydrogen-bond donors (Lipinski definition) is 1. The second-order valence-electron chi connectivity index (χ2n) is 6.62. The zero-order chi connectivity index (χ0) is 20.0. The highest BCUT2D eigenvalue weighted by atomic mass is 35.5. The smallest absolute Gasteiger partial charge is 0.243 e. The maximum Gasteiger partial charge on any atom is 0.243 e. The number of carbonyl (C=O) groups excluding carboxylic acids is 1. The third-order valence-corrected chi connectivity index (χ3v) is 7.46. The fraction of sp³-hybridized carbons (Fsp3) is 0.611. The van der Waals surface area contributed by atoms with Gasteiger partial charge in [-0.15, -0.1) is 0 Å². The molecule has 1 aromatic rings. The first-order chi connectivity index (χ1) is 12.7. The van der Waals surface area contributed by atoms with E-state index in [0.717, 1.165) is 16.3 Å². The topological polar surface area (TPSA) is 75.7 Å². The van der Waals surface area contributed by atoms with Crippen molar-refractivity contribution in [2.24, 2.45) is 0 Å². The van der Waals surface area contributed by atoms with E-state index in [0.29, 0.717) is 23.2 Å². The van der Waals surface area contributed by atoms with Crippen molar-refractivity contribution in [3.05, 3.63) is 23.2 Å². The van der Waals surface area contributed by atoms with Crippen LogP contribution in [0.4, 0.5) is 5.69 Å². The third kappa shape index (κ3) is 6.19. The Bertz CT molecular complexity index is 752. The van der Waals surface area contributed by atoms with Gasteiger partial charge in [0.15, 0.2) is 0 Å². The number of amides is 1. The number of anilines is 1. The molecule has 152 valence electrons. The monoisotopic (exact) mass is 434 g/mol. The summed E-state index contributed by atoms with van der Waals surface area (Å²) in [5.74, 6) is 0.936. The summed E-state index contributed by atoms with van der Waals surface area (Å²) in [5.41, 5.74) is 0.325. The van der Waals surface area contributed by atoms with Crippen LogP contribution in [0.15, 0.2) is 18.2 Å². The zero-order valence-electron chi connectivity index (χ0n) is 15.9. The molecule has 27 heavy (non-hydrogen) atoms. The second kappa shape index (κ2) is 9.89. The zero-order valence-corrected chi connectivity index (χ0v) is 18.3. The number of nitrogens with zero attached hydrogens (tertiary/aromatic N) is 1. The first kappa shape index (κ1) is 22.2. The Morgan fingerprint density at radius 2 is 2.07 bits per heavy atom. The predicted octanol–water partition coefficient (Wildman–Crippen LogP) is 3.30. The van der Waals surface area contributed by atoms with Crippen LogP contribution in [0.1, 0.15) is 32.6 Å². The Hall–Kier alpha value is -1.12. The fourth-order valence-electron chi connectivity index (χ4n) is 3.20. The molecule has 0 saturated heterocycles. The van der Waals surface area contributed by atoms with Crippen molar-refractivity contribution in [3.63, 3.8) is 0 Å². The van der Waals surface area contributed by atoms with Crippen LogP contribution in [-0.2, 0) is 14.8 Å². The van der Waals surface area contributed by atoms with Gasteiger partial charge in [0.2, 0.25) is 15.9 Å². The Morgan fingerprint density at radius 3 is 2.63 bits per heavy atom. The summed E-state index contributed by atoms with van der Waals surface area (Å²) in [6, 6.07) is 3.76. The molecule has 0 bridgehead atoms. The summed E-state index contributed by atoms with van der Waals surface area (Å²) in [6.45, 7) is 2.09. The minimum Gasteiger partial charge on any atom is -0.495 e. The van der Waals surface area contributed by atoms with Gasteiger partial charge in [0.25, 0.3) is 0 Å².